The van der Waals surface area contributed by atoms with Crippen LogP contribution in [0.4, 0.5) is 22.7 Å². The predicted octanol–water partition coefficient (Wildman–Crippen LogP) is 3.63. The Hall–Kier alpha value is -5.62. The third-order valence-electron chi connectivity index (χ3n) is 7.13. The molecule has 2 heterocycles. The minimum atomic E-state index is -1.16. The van der Waals surface area contributed by atoms with Crippen LogP contribution in [0, 0.1) is 45.9 Å². The zero-order chi connectivity index (χ0) is 37.9. The van der Waals surface area contributed by atoms with Crippen molar-refractivity contribution in [3.05, 3.63) is 67.8 Å². The highest BCUT2D eigenvalue weighted by Gasteiger charge is 2.19. The summed E-state index contributed by atoms with van der Waals surface area (Å²) in [4.78, 5) is 76.8. The van der Waals surface area contributed by atoms with E-state index in [0.717, 1.165) is 76.3 Å². The SMILES string of the molecule is C=O.C=O.Cc1ccc(NCC2CCOCC2)c([N+](=O)[O-])c1.Cc1ccc(NCC2CCOCC2)c([N+](=O)[O-])c1.O=CNC(=O)C(=O)NC=O.[HH].[HH].[HH].[HH]. The zero-order valence-corrected chi connectivity index (χ0v) is 28.1. The number of hydrogen-bond acceptors (Lipinski definition) is 14. The maximum atomic E-state index is 11.0. The van der Waals surface area contributed by atoms with Crippen LogP contribution in [0.15, 0.2) is 36.4 Å². The summed E-state index contributed by atoms with van der Waals surface area (Å²) in [5.74, 6) is -1.25. The van der Waals surface area contributed by atoms with Crippen LogP contribution in [0.25, 0.3) is 0 Å². The molecule has 0 spiro atoms. The Labute approximate surface area is 294 Å². The van der Waals surface area contributed by atoms with Gasteiger partial charge in [-0.3, -0.25) is 50.0 Å². The van der Waals surface area contributed by atoms with Crippen LogP contribution in [0.3, 0.4) is 0 Å². The minimum absolute atomic E-state index is 0. The third-order valence-corrected chi connectivity index (χ3v) is 7.13. The van der Waals surface area contributed by atoms with Crippen molar-refractivity contribution in [2.75, 3.05) is 50.2 Å². The number of carbonyl (C=O) groups is 6. The molecule has 0 saturated carbocycles. The molecule has 2 aliphatic rings. The Morgan fingerprint density at radius 1 is 0.720 bits per heavy atom. The van der Waals surface area contributed by atoms with Gasteiger partial charge in [0.05, 0.1) is 9.85 Å². The van der Waals surface area contributed by atoms with Gasteiger partial charge in [0, 0.05) is 57.4 Å². The van der Waals surface area contributed by atoms with Crippen molar-refractivity contribution >= 4 is 61.0 Å². The number of hydrogen-bond donors (Lipinski definition) is 4. The van der Waals surface area contributed by atoms with Crippen molar-refractivity contribution in [3.63, 3.8) is 0 Å². The van der Waals surface area contributed by atoms with E-state index >= 15 is 0 Å². The van der Waals surface area contributed by atoms with Gasteiger partial charge < -0.3 is 29.7 Å². The first-order valence-corrected chi connectivity index (χ1v) is 15.2. The van der Waals surface area contributed by atoms with Gasteiger partial charge in [0.1, 0.15) is 25.0 Å². The van der Waals surface area contributed by atoms with Gasteiger partial charge in [-0.05, 0) is 74.6 Å². The molecule has 0 aliphatic carbocycles. The van der Waals surface area contributed by atoms with Gasteiger partial charge in [0.25, 0.3) is 11.4 Å². The van der Waals surface area contributed by atoms with Crippen LogP contribution in [0.1, 0.15) is 42.5 Å². The lowest BCUT2D eigenvalue weighted by Crippen LogP contribution is -2.38. The number of imide groups is 2. The van der Waals surface area contributed by atoms with E-state index in [1.807, 2.05) is 39.6 Å². The fourth-order valence-corrected chi connectivity index (χ4v) is 4.53. The Morgan fingerprint density at radius 2 is 1.04 bits per heavy atom. The largest absolute Gasteiger partial charge is 0.381 e. The summed E-state index contributed by atoms with van der Waals surface area (Å²) in [5, 5.41) is 31.4. The van der Waals surface area contributed by atoms with Gasteiger partial charge in [-0.15, -0.1) is 0 Å². The second-order valence-corrected chi connectivity index (χ2v) is 10.6. The smallest absolute Gasteiger partial charge is 0.316 e. The van der Waals surface area contributed by atoms with Gasteiger partial charge in [0.2, 0.25) is 12.8 Å². The van der Waals surface area contributed by atoms with E-state index in [1.165, 1.54) is 10.6 Å². The van der Waals surface area contributed by atoms with Crippen LogP contribution in [-0.4, -0.2) is 87.6 Å². The molecule has 0 unspecified atom stereocenters. The van der Waals surface area contributed by atoms with Crippen LogP contribution in [-0.2, 0) is 38.2 Å². The molecule has 4 N–H and O–H groups in total. The number of nitrogens with zero attached hydrogens (tertiary/aromatic N) is 2. The fourth-order valence-electron chi connectivity index (χ4n) is 4.53. The highest BCUT2D eigenvalue weighted by molar-refractivity contribution is 6.38. The van der Waals surface area contributed by atoms with Gasteiger partial charge >= 0.3 is 11.8 Å². The maximum absolute atomic E-state index is 11.0. The summed E-state index contributed by atoms with van der Waals surface area (Å²) in [6, 6.07) is 10.6. The number of aryl methyl sites for hydroxylation is 2. The van der Waals surface area contributed by atoms with Gasteiger partial charge in [-0.25, -0.2) is 0 Å². The standard InChI is InChI=1S/2C13H18N2O3.C4H4N2O4.2CH2O.4H2/c2*1-10-2-3-12(13(8-10)15(16)17)14-9-11-4-6-18-7-5-11;7-1-5-3(9)4(10)6-2-8;2*1-2;;;;/h2*2-3,8,11,14H,4-7,9H2,1H3;1-2H,(H,5,7,9)(H,6,8,10);2*1H2;4*1H. The van der Waals surface area contributed by atoms with Crippen LogP contribution in [0.5, 0.6) is 0 Å². The van der Waals surface area contributed by atoms with E-state index in [0.29, 0.717) is 23.2 Å². The molecule has 2 saturated heterocycles. The van der Waals surface area contributed by atoms with E-state index in [-0.39, 0.29) is 39.7 Å². The summed E-state index contributed by atoms with van der Waals surface area (Å²) in [6.07, 6.45) is 4.18. The number of rotatable bonds is 10. The van der Waals surface area contributed by atoms with Crippen molar-refractivity contribution in [3.8, 4) is 0 Å². The first-order valence-electron chi connectivity index (χ1n) is 15.2. The molecule has 2 aromatic rings. The minimum Gasteiger partial charge on any atom is -0.381 e. The average Bonchev–Trinajstić information content (AvgIpc) is 3.13. The quantitative estimate of drug-likeness (QED) is 0.119. The molecule has 4 rings (SSSR count). The molecule has 18 heteroatoms. The molecule has 2 aromatic carbocycles. The average molecular weight is 713 g/mol. The van der Waals surface area contributed by atoms with E-state index in [4.69, 9.17) is 19.1 Å². The molecular weight excluding hydrogens is 660 g/mol. The molecule has 2 aliphatic heterocycles. The predicted molar refractivity (Wildman–Crippen MR) is 191 cm³/mol. The molecule has 0 atom stereocenters. The monoisotopic (exact) mass is 712 g/mol. The molecule has 18 nitrogen and oxygen atoms in total. The number of nitro benzene ring substituents is 2. The normalized spacial score (nSPS) is 13.6. The van der Waals surface area contributed by atoms with Crippen LogP contribution in [0.2, 0.25) is 0 Å². The van der Waals surface area contributed by atoms with Crippen molar-refractivity contribution in [1.82, 2.24) is 10.6 Å². The number of nitrogens with one attached hydrogen (secondary N) is 4. The second-order valence-electron chi connectivity index (χ2n) is 10.6. The maximum Gasteiger partial charge on any atom is 0.316 e. The van der Waals surface area contributed by atoms with Crippen molar-refractivity contribution in [2.45, 2.75) is 39.5 Å². The molecule has 2 fully saturated rings. The summed E-state index contributed by atoms with van der Waals surface area (Å²) < 4.78 is 10.6. The fraction of sp³-hybridized carbons (Fsp3) is 0.438. The Morgan fingerprint density at radius 3 is 1.32 bits per heavy atom. The third kappa shape index (κ3) is 17.5. The van der Waals surface area contributed by atoms with E-state index in [9.17, 15) is 39.4 Å². The lowest BCUT2D eigenvalue weighted by atomic mass is 10.0. The van der Waals surface area contributed by atoms with Crippen LogP contribution < -0.4 is 21.3 Å². The van der Waals surface area contributed by atoms with E-state index in [2.05, 4.69) is 10.6 Å². The molecule has 50 heavy (non-hydrogen) atoms. The number of ether oxygens (including phenoxy) is 2. The highest BCUT2D eigenvalue weighted by Crippen LogP contribution is 2.27. The Kier molecular flexibility index (Phi) is 23.4. The van der Waals surface area contributed by atoms with E-state index in [1.54, 1.807) is 24.3 Å². The van der Waals surface area contributed by atoms with Gasteiger partial charge in [0.15, 0.2) is 0 Å². The van der Waals surface area contributed by atoms with Crippen LogP contribution >= 0.6 is 0 Å². The van der Waals surface area contributed by atoms with Gasteiger partial charge in [-0.2, -0.15) is 0 Å². The lowest BCUT2D eigenvalue weighted by molar-refractivity contribution is -0.384. The molecule has 4 amide bonds. The van der Waals surface area contributed by atoms with E-state index < -0.39 is 11.8 Å². The number of anilines is 2. The first-order chi connectivity index (χ1) is 24.0. The summed E-state index contributed by atoms with van der Waals surface area (Å²) in [5.41, 5.74) is 3.33. The first kappa shape index (κ1) is 44.4. The summed E-state index contributed by atoms with van der Waals surface area (Å²) in [6.45, 7) is 12.4. The zero-order valence-electron chi connectivity index (χ0n) is 28.1. The second kappa shape index (κ2) is 26.3. The van der Waals surface area contributed by atoms with Crippen molar-refractivity contribution in [1.29, 1.82) is 0 Å². The molecular formula is C32H52N6O12. The number of benzene rings is 2. The number of amides is 4. The molecule has 0 bridgehead atoms. The Balaban J connectivity index is -0.000000212. The van der Waals surface area contributed by atoms with Crippen molar-refractivity contribution in [2.24, 2.45) is 11.8 Å². The lowest BCUT2D eigenvalue weighted by Gasteiger charge is -2.22. The topological polar surface area (TPSA) is 255 Å². The molecule has 0 aromatic heterocycles. The van der Waals surface area contributed by atoms with Crippen molar-refractivity contribution < 1.29 is 53.8 Å². The van der Waals surface area contributed by atoms with Gasteiger partial charge in [-0.1, -0.05) is 12.1 Å². The molecule has 282 valence electrons. The Bertz CT molecular complexity index is 1300. The number of nitro groups is 2. The summed E-state index contributed by atoms with van der Waals surface area (Å²) >= 11 is 0. The molecule has 0 radical (unpaired) electrons. The summed E-state index contributed by atoms with van der Waals surface area (Å²) in [7, 11) is 0. The highest BCUT2D eigenvalue weighted by atomic mass is 16.6. The number of carbonyl (C=O) groups excluding carboxylic acids is 6.